The smallest absolute Gasteiger partial charge is 0.242 e. The van der Waals surface area contributed by atoms with Crippen molar-refractivity contribution < 1.29 is 8.42 Å². The summed E-state index contributed by atoms with van der Waals surface area (Å²) in [5.74, 6) is 0.500. The highest BCUT2D eigenvalue weighted by Gasteiger charge is 2.32. The molecule has 0 bridgehead atoms. The fourth-order valence-corrected chi connectivity index (χ4v) is 4.40. The van der Waals surface area contributed by atoms with Gasteiger partial charge in [-0.3, -0.25) is 0 Å². The van der Waals surface area contributed by atoms with Crippen LogP contribution in [0.15, 0.2) is 21.6 Å². The van der Waals surface area contributed by atoms with Gasteiger partial charge in [0, 0.05) is 23.8 Å². The molecule has 0 aromatic carbocycles. The minimum Gasteiger partial charge on any atom is -0.242 e. The van der Waals surface area contributed by atoms with Crippen molar-refractivity contribution >= 4 is 37.6 Å². The summed E-state index contributed by atoms with van der Waals surface area (Å²) in [5.41, 5.74) is 0. The van der Waals surface area contributed by atoms with Crippen molar-refractivity contribution in [1.82, 2.24) is 9.29 Å². The summed E-state index contributed by atoms with van der Waals surface area (Å²) in [7, 11) is -3.56. The monoisotopic (exact) mass is 366 g/mol. The van der Waals surface area contributed by atoms with Crippen LogP contribution in [0.4, 0.5) is 0 Å². The van der Waals surface area contributed by atoms with Crippen molar-refractivity contribution in [3.05, 3.63) is 21.9 Å². The molecule has 106 valence electrons. The zero-order valence-corrected chi connectivity index (χ0v) is 13.8. The van der Waals surface area contributed by atoms with Crippen LogP contribution >= 0.6 is 27.5 Å². The molecule has 7 heteroatoms. The minimum atomic E-state index is -3.56. The lowest BCUT2D eigenvalue weighted by Crippen LogP contribution is -2.34. The largest absolute Gasteiger partial charge is 0.246 e. The molecule has 0 N–H and O–H groups in total. The molecule has 2 rings (SSSR count). The Kier molecular flexibility index (Phi) is 4.87. The van der Waals surface area contributed by atoms with E-state index in [0.29, 0.717) is 23.5 Å². The van der Waals surface area contributed by atoms with Crippen LogP contribution in [0.25, 0.3) is 0 Å². The third kappa shape index (κ3) is 3.68. The van der Waals surface area contributed by atoms with Gasteiger partial charge in [-0.25, -0.2) is 13.4 Å². The minimum absolute atomic E-state index is 0.0279. The molecule has 4 nitrogen and oxygen atoms in total. The Morgan fingerprint density at radius 3 is 2.79 bits per heavy atom. The summed E-state index contributed by atoms with van der Waals surface area (Å²) < 4.78 is 27.4. The van der Waals surface area contributed by atoms with Crippen LogP contribution in [-0.4, -0.2) is 30.8 Å². The van der Waals surface area contributed by atoms with E-state index in [1.165, 1.54) is 16.6 Å². The van der Waals surface area contributed by atoms with E-state index >= 15 is 0 Å². The standard InChI is InChI=1S/C12H16BrClN2O2S/c1-2-5-16(8-9-3-4-9)19(17,18)11-6-10(13)7-15-12(11)14/h6-7,9H,2-5,8H2,1H3. The Balaban J connectivity index is 2.34. The van der Waals surface area contributed by atoms with E-state index in [2.05, 4.69) is 20.9 Å². The van der Waals surface area contributed by atoms with Crippen molar-refractivity contribution in [2.24, 2.45) is 5.92 Å². The van der Waals surface area contributed by atoms with Gasteiger partial charge in [-0.15, -0.1) is 0 Å². The van der Waals surface area contributed by atoms with Crippen LogP contribution in [0, 0.1) is 5.92 Å². The number of hydrogen-bond acceptors (Lipinski definition) is 3. The lowest BCUT2D eigenvalue weighted by Gasteiger charge is -2.21. The molecule has 0 atom stereocenters. The van der Waals surface area contributed by atoms with E-state index in [1.54, 1.807) is 0 Å². The summed E-state index contributed by atoms with van der Waals surface area (Å²) in [6.45, 7) is 3.07. The average molecular weight is 368 g/mol. The van der Waals surface area contributed by atoms with Gasteiger partial charge in [-0.05, 0) is 47.2 Å². The first-order valence-electron chi connectivity index (χ1n) is 6.26. The fraction of sp³-hybridized carbons (Fsp3) is 0.583. The van der Waals surface area contributed by atoms with Crippen LogP contribution in [0.1, 0.15) is 26.2 Å². The molecule has 0 saturated heterocycles. The van der Waals surface area contributed by atoms with Crippen LogP contribution in [-0.2, 0) is 10.0 Å². The predicted molar refractivity (Wildman–Crippen MR) is 78.7 cm³/mol. The topological polar surface area (TPSA) is 50.3 Å². The van der Waals surface area contributed by atoms with Gasteiger partial charge in [0.15, 0.2) is 0 Å². The molecule has 19 heavy (non-hydrogen) atoms. The van der Waals surface area contributed by atoms with Crippen molar-refractivity contribution in [2.75, 3.05) is 13.1 Å². The molecule has 0 amide bonds. The molecular formula is C12H16BrClN2O2S. The molecule has 1 aliphatic rings. The quantitative estimate of drug-likeness (QED) is 0.725. The van der Waals surface area contributed by atoms with Crippen LogP contribution < -0.4 is 0 Å². The second kappa shape index (κ2) is 6.08. The lowest BCUT2D eigenvalue weighted by molar-refractivity contribution is 0.395. The molecule has 0 radical (unpaired) electrons. The van der Waals surface area contributed by atoms with Gasteiger partial charge in [0.05, 0.1) is 0 Å². The number of halogens is 2. The van der Waals surface area contributed by atoms with Gasteiger partial charge in [0.1, 0.15) is 10.0 Å². The Hall–Kier alpha value is -0.170. The van der Waals surface area contributed by atoms with E-state index in [-0.39, 0.29) is 10.0 Å². The van der Waals surface area contributed by atoms with Crippen LogP contribution in [0.2, 0.25) is 5.15 Å². The maximum Gasteiger partial charge on any atom is 0.246 e. The van der Waals surface area contributed by atoms with E-state index in [9.17, 15) is 8.42 Å². The van der Waals surface area contributed by atoms with Crippen LogP contribution in [0.5, 0.6) is 0 Å². The Labute approximate surface area is 127 Å². The van der Waals surface area contributed by atoms with Crippen molar-refractivity contribution in [1.29, 1.82) is 0 Å². The van der Waals surface area contributed by atoms with E-state index in [0.717, 1.165) is 19.3 Å². The van der Waals surface area contributed by atoms with Gasteiger partial charge >= 0.3 is 0 Å². The molecule has 1 aliphatic carbocycles. The molecule has 1 saturated carbocycles. The maximum atomic E-state index is 12.6. The van der Waals surface area contributed by atoms with Gasteiger partial charge in [0.25, 0.3) is 0 Å². The molecule has 0 aliphatic heterocycles. The number of rotatable bonds is 6. The van der Waals surface area contributed by atoms with E-state index in [4.69, 9.17) is 11.6 Å². The highest BCUT2D eigenvalue weighted by molar-refractivity contribution is 9.10. The van der Waals surface area contributed by atoms with Gasteiger partial charge in [0.2, 0.25) is 10.0 Å². The molecule has 0 spiro atoms. The van der Waals surface area contributed by atoms with Crippen LogP contribution in [0.3, 0.4) is 0 Å². The van der Waals surface area contributed by atoms with Crippen molar-refractivity contribution in [3.63, 3.8) is 0 Å². The predicted octanol–water partition coefficient (Wildman–Crippen LogP) is 3.31. The van der Waals surface area contributed by atoms with Gasteiger partial charge in [-0.1, -0.05) is 18.5 Å². The number of sulfonamides is 1. The van der Waals surface area contributed by atoms with E-state index < -0.39 is 10.0 Å². The number of pyridine rings is 1. The Morgan fingerprint density at radius 1 is 1.53 bits per heavy atom. The first-order chi connectivity index (χ1) is 8.95. The second-order valence-electron chi connectivity index (χ2n) is 4.75. The SMILES string of the molecule is CCCN(CC1CC1)S(=O)(=O)c1cc(Br)cnc1Cl. The summed E-state index contributed by atoms with van der Waals surface area (Å²) in [5, 5.41) is 0.0279. The second-order valence-corrected chi connectivity index (χ2v) is 7.93. The number of aromatic nitrogens is 1. The molecule has 1 heterocycles. The van der Waals surface area contributed by atoms with Crippen molar-refractivity contribution in [3.8, 4) is 0 Å². The summed E-state index contributed by atoms with van der Waals surface area (Å²) in [4.78, 5) is 3.98. The molecule has 1 aromatic heterocycles. The lowest BCUT2D eigenvalue weighted by atomic mass is 10.4. The molecular weight excluding hydrogens is 352 g/mol. The zero-order valence-electron chi connectivity index (χ0n) is 10.6. The summed E-state index contributed by atoms with van der Waals surface area (Å²) in [6.07, 6.45) is 4.50. The third-order valence-electron chi connectivity index (χ3n) is 3.02. The van der Waals surface area contributed by atoms with Gasteiger partial charge in [-0.2, -0.15) is 4.31 Å². The number of hydrogen-bond donors (Lipinski definition) is 0. The Bertz CT molecular complexity index is 561. The molecule has 1 aromatic rings. The third-order valence-corrected chi connectivity index (χ3v) is 5.75. The van der Waals surface area contributed by atoms with Crippen molar-refractivity contribution in [2.45, 2.75) is 31.1 Å². The average Bonchev–Trinajstić information content (AvgIpc) is 3.15. The fourth-order valence-electron chi connectivity index (χ4n) is 1.87. The Morgan fingerprint density at radius 2 is 2.21 bits per heavy atom. The first-order valence-corrected chi connectivity index (χ1v) is 8.87. The van der Waals surface area contributed by atoms with Gasteiger partial charge < -0.3 is 0 Å². The number of nitrogens with zero attached hydrogens (tertiary/aromatic N) is 2. The van der Waals surface area contributed by atoms with E-state index in [1.807, 2.05) is 6.92 Å². The molecule has 0 unspecified atom stereocenters. The zero-order chi connectivity index (χ0) is 14.0. The summed E-state index contributed by atoms with van der Waals surface area (Å²) >= 11 is 9.18. The summed E-state index contributed by atoms with van der Waals surface area (Å²) in [6, 6.07) is 1.51. The maximum absolute atomic E-state index is 12.6. The molecule has 1 fully saturated rings. The highest BCUT2D eigenvalue weighted by atomic mass is 79.9. The first kappa shape index (κ1) is 15.2. The normalized spacial score (nSPS) is 16.0. The highest BCUT2D eigenvalue weighted by Crippen LogP contribution is 2.33.